The van der Waals surface area contributed by atoms with Crippen molar-refractivity contribution in [1.82, 2.24) is 13.1 Å². The average molecular weight is 311 g/mol. The second kappa shape index (κ2) is 5.19. The quantitative estimate of drug-likeness (QED) is 0.801. The SMILES string of the molecule is O=CC1CCCCN1S(=O)(=O)c1cccc2nsnc12. The van der Waals surface area contributed by atoms with Gasteiger partial charge in [0.05, 0.1) is 17.8 Å². The van der Waals surface area contributed by atoms with Crippen LogP contribution in [0.1, 0.15) is 19.3 Å². The average Bonchev–Trinajstić information content (AvgIpc) is 2.95. The van der Waals surface area contributed by atoms with Crippen LogP contribution in [0.15, 0.2) is 23.1 Å². The number of carbonyl (C=O) groups is 1. The third kappa shape index (κ3) is 2.13. The van der Waals surface area contributed by atoms with Crippen LogP contribution in [0.5, 0.6) is 0 Å². The van der Waals surface area contributed by atoms with Gasteiger partial charge in [-0.05, 0) is 25.0 Å². The van der Waals surface area contributed by atoms with Gasteiger partial charge in [0.15, 0.2) is 0 Å². The second-order valence-electron chi connectivity index (χ2n) is 4.70. The third-order valence-corrected chi connectivity index (χ3v) is 5.99. The molecule has 1 saturated heterocycles. The molecule has 1 unspecified atom stereocenters. The smallest absolute Gasteiger partial charge is 0.245 e. The molecule has 1 aromatic heterocycles. The monoisotopic (exact) mass is 311 g/mol. The number of hydrogen-bond acceptors (Lipinski definition) is 6. The molecule has 6 nitrogen and oxygen atoms in total. The molecule has 0 spiro atoms. The maximum absolute atomic E-state index is 12.8. The summed E-state index contributed by atoms with van der Waals surface area (Å²) in [6.07, 6.45) is 2.94. The summed E-state index contributed by atoms with van der Waals surface area (Å²) in [7, 11) is -3.71. The van der Waals surface area contributed by atoms with Gasteiger partial charge >= 0.3 is 0 Å². The van der Waals surface area contributed by atoms with E-state index in [2.05, 4.69) is 8.75 Å². The van der Waals surface area contributed by atoms with Gasteiger partial charge in [0.1, 0.15) is 22.2 Å². The molecular formula is C12H13N3O3S2. The zero-order chi connectivity index (χ0) is 14.2. The lowest BCUT2D eigenvalue weighted by Crippen LogP contribution is -2.44. The molecule has 3 rings (SSSR count). The summed E-state index contributed by atoms with van der Waals surface area (Å²) in [4.78, 5) is 11.3. The predicted molar refractivity (Wildman–Crippen MR) is 75.0 cm³/mol. The van der Waals surface area contributed by atoms with E-state index >= 15 is 0 Å². The van der Waals surface area contributed by atoms with Crippen molar-refractivity contribution in [3.8, 4) is 0 Å². The van der Waals surface area contributed by atoms with Crippen LogP contribution in [0.4, 0.5) is 0 Å². The topological polar surface area (TPSA) is 80.2 Å². The Morgan fingerprint density at radius 1 is 1.30 bits per heavy atom. The molecular weight excluding hydrogens is 298 g/mol. The van der Waals surface area contributed by atoms with Gasteiger partial charge in [0.25, 0.3) is 0 Å². The van der Waals surface area contributed by atoms with E-state index < -0.39 is 16.1 Å². The Kier molecular flexibility index (Phi) is 3.53. The van der Waals surface area contributed by atoms with Gasteiger partial charge in [-0.15, -0.1) is 0 Å². The second-order valence-corrected chi connectivity index (χ2v) is 7.09. The van der Waals surface area contributed by atoms with Crippen LogP contribution in [0.3, 0.4) is 0 Å². The lowest BCUT2D eigenvalue weighted by Gasteiger charge is -2.31. The number of hydrogen-bond donors (Lipinski definition) is 0. The van der Waals surface area contributed by atoms with Gasteiger partial charge in [0, 0.05) is 6.54 Å². The van der Waals surface area contributed by atoms with E-state index in [1.165, 1.54) is 10.4 Å². The Morgan fingerprint density at radius 3 is 2.95 bits per heavy atom. The predicted octanol–water partition coefficient (Wildman–Crippen LogP) is 1.43. The highest BCUT2D eigenvalue weighted by atomic mass is 32.2. The lowest BCUT2D eigenvalue weighted by atomic mass is 10.1. The highest BCUT2D eigenvalue weighted by molar-refractivity contribution is 7.89. The fourth-order valence-electron chi connectivity index (χ4n) is 2.48. The highest BCUT2D eigenvalue weighted by Gasteiger charge is 2.34. The zero-order valence-corrected chi connectivity index (χ0v) is 12.2. The zero-order valence-electron chi connectivity index (χ0n) is 10.6. The Balaban J connectivity index is 2.11. The number of carbonyl (C=O) groups excluding carboxylic acids is 1. The van der Waals surface area contributed by atoms with Gasteiger partial charge in [-0.1, -0.05) is 12.5 Å². The molecule has 0 radical (unpaired) electrons. The molecule has 0 N–H and O–H groups in total. The van der Waals surface area contributed by atoms with Gasteiger partial charge in [0.2, 0.25) is 10.0 Å². The number of aldehydes is 1. The normalized spacial score (nSPS) is 21.1. The van der Waals surface area contributed by atoms with Crippen molar-refractivity contribution in [2.75, 3.05) is 6.54 Å². The molecule has 1 fully saturated rings. The van der Waals surface area contributed by atoms with Crippen molar-refractivity contribution in [2.24, 2.45) is 0 Å². The summed E-state index contributed by atoms with van der Waals surface area (Å²) in [5, 5.41) is 0. The van der Waals surface area contributed by atoms with Crippen LogP contribution in [-0.4, -0.2) is 40.3 Å². The molecule has 8 heteroatoms. The van der Waals surface area contributed by atoms with Crippen LogP contribution in [-0.2, 0) is 14.8 Å². The number of nitrogens with zero attached hydrogens (tertiary/aromatic N) is 3. The minimum atomic E-state index is -3.71. The van der Waals surface area contributed by atoms with Crippen molar-refractivity contribution in [3.63, 3.8) is 0 Å². The molecule has 2 aromatic rings. The number of benzene rings is 1. The van der Waals surface area contributed by atoms with Gasteiger partial charge in [-0.3, -0.25) is 0 Å². The van der Waals surface area contributed by atoms with Crippen molar-refractivity contribution >= 4 is 39.1 Å². The molecule has 1 aliphatic rings. The van der Waals surface area contributed by atoms with Crippen molar-refractivity contribution in [3.05, 3.63) is 18.2 Å². The van der Waals surface area contributed by atoms with E-state index in [-0.39, 0.29) is 4.90 Å². The molecule has 0 bridgehead atoms. The van der Waals surface area contributed by atoms with E-state index in [1.54, 1.807) is 12.1 Å². The van der Waals surface area contributed by atoms with Gasteiger partial charge < -0.3 is 4.79 Å². The molecule has 0 saturated carbocycles. The molecule has 106 valence electrons. The molecule has 20 heavy (non-hydrogen) atoms. The fraction of sp³-hybridized carbons (Fsp3) is 0.417. The van der Waals surface area contributed by atoms with Gasteiger partial charge in [-0.25, -0.2) is 8.42 Å². The molecule has 1 atom stereocenters. The molecule has 2 heterocycles. The Labute approximate surface area is 120 Å². The summed E-state index contributed by atoms with van der Waals surface area (Å²) in [6, 6.07) is 4.33. The van der Waals surface area contributed by atoms with Crippen LogP contribution in [0.2, 0.25) is 0 Å². The number of sulfonamides is 1. The summed E-state index contributed by atoms with van der Waals surface area (Å²) in [5.41, 5.74) is 0.948. The van der Waals surface area contributed by atoms with Crippen molar-refractivity contribution < 1.29 is 13.2 Å². The summed E-state index contributed by atoms with van der Waals surface area (Å²) in [5.74, 6) is 0. The summed E-state index contributed by atoms with van der Waals surface area (Å²) in [6.45, 7) is 0.375. The highest BCUT2D eigenvalue weighted by Crippen LogP contribution is 2.28. The largest absolute Gasteiger partial charge is 0.302 e. The number of rotatable bonds is 3. The van der Waals surface area contributed by atoms with E-state index in [0.29, 0.717) is 24.0 Å². The Bertz CT molecular complexity index is 741. The molecule has 0 aliphatic carbocycles. The maximum atomic E-state index is 12.8. The van der Waals surface area contributed by atoms with Crippen molar-refractivity contribution in [1.29, 1.82) is 0 Å². The van der Waals surface area contributed by atoms with E-state index in [1.807, 2.05) is 0 Å². The minimum Gasteiger partial charge on any atom is -0.302 e. The fourth-order valence-corrected chi connectivity index (χ4v) is 4.87. The lowest BCUT2D eigenvalue weighted by molar-refractivity contribution is -0.111. The van der Waals surface area contributed by atoms with Gasteiger partial charge in [-0.2, -0.15) is 13.1 Å². The van der Waals surface area contributed by atoms with E-state index in [4.69, 9.17) is 0 Å². The number of aromatic nitrogens is 2. The molecule has 0 amide bonds. The number of fused-ring (bicyclic) bond motifs is 1. The van der Waals surface area contributed by atoms with Crippen molar-refractivity contribution in [2.45, 2.75) is 30.2 Å². The first-order chi connectivity index (χ1) is 9.64. The van der Waals surface area contributed by atoms with Crippen LogP contribution in [0.25, 0.3) is 11.0 Å². The summed E-state index contributed by atoms with van der Waals surface area (Å²) < 4.78 is 35.0. The standard InChI is InChI=1S/C12H13N3O3S2/c16-8-9-4-1-2-7-15(9)20(17,18)11-6-3-5-10-12(11)14-19-13-10/h3,5-6,8-9H,1-2,4,7H2. The third-order valence-electron chi connectivity index (χ3n) is 3.49. The molecule has 1 aliphatic heterocycles. The first-order valence-electron chi connectivity index (χ1n) is 6.33. The molecule has 1 aromatic carbocycles. The number of piperidine rings is 1. The summed E-state index contributed by atoms with van der Waals surface area (Å²) >= 11 is 0.984. The minimum absolute atomic E-state index is 0.137. The van der Waals surface area contributed by atoms with E-state index in [0.717, 1.165) is 30.9 Å². The Hall–Kier alpha value is -1.38. The van der Waals surface area contributed by atoms with Crippen LogP contribution >= 0.6 is 11.7 Å². The van der Waals surface area contributed by atoms with E-state index in [9.17, 15) is 13.2 Å². The Morgan fingerprint density at radius 2 is 2.15 bits per heavy atom. The van der Waals surface area contributed by atoms with Crippen LogP contribution < -0.4 is 0 Å². The first kappa shape index (κ1) is 13.6. The van der Waals surface area contributed by atoms with Crippen LogP contribution in [0, 0.1) is 0 Å². The first-order valence-corrected chi connectivity index (χ1v) is 8.50. The maximum Gasteiger partial charge on any atom is 0.245 e.